The van der Waals surface area contributed by atoms with E-state index in [2.05, 4.69) is 14.9 Å². The van der Waals surface area contributed by atoms with Crippen molar-refractivity contribution in [3.8, 4) is 0 Å². The Kier molecular flexibility index (Phi) is 6.18. The van der Waals surface area contributed by atoms with Gasteiger partial charge >= 0.3 is 6.03 Å². The Hall–Kier alpha value is -1.96. The lowest BCUT2D eigenvalue weighted by Gasteiger charge is -2.37. The maximum Gasteiger partial charge on any atom is 0.319 e. The van der Waals surface area contributed by atoms with Crippen LogP contribution in [0.4, 0.5) is 16.2 Å². The Morgan fingerprint density at radius 2 is 1.93 bits per heavy atom. The van der Waals surface area contributed by atoms with E-state index in [9.17, 15) is 4.79 Å². The number of nitrogens with zero attached hydrogens (tertiary/aromatic N) is 5. The summed E-state index contributed by atoms with van der Waals surface area (Å²) in [5, 5.41) is 5.62. The highest BCUT2D eigenvalue weighted by Gasteiger charge is 2.24. The van der Waals surface area contributed by atoms with Crippen LogP contribution < -0.4 is 15.5 Å². The quantitative estimate of drug-likeness (QED) is 0.780. The standard InChI is InChI=1S/C20H26Cl2N6O/c21-15-4-3-6-17(19(15)22)26-11-8-25(9-12-26)10-13-27(20(23)29)18-14-24-28-7-2-1-5-16(18)28/h3-4,6,14H,1-2,5,7-13H2,(H2,23,29). The van der Waals surface area contributed by atoms with Crippen LogP contribution in [0.5, 0.6) is 0 Å². The number of hydrogen-bond donors (Lipinski definition) is 1. The Balaban J connectivity index is 1.36. The van der Waals surface area contributed by atoms with E-state index in [1.54, 1.807) is 17.2 Å². The lowest BCUT2D eigenvalue weighted by molar-refractivity contribution is 0.245. The molecule has 2 aliphatic heterocycles. The second-order valence-corrected chi connectivity index (χ2v) is 8.33. The fraction of sp³-hybridized carbons (Fsp3) is 0.500. The highest BCUT2D eigenvalue weighted by atomic mass is 35.5. The fourth-order valence-electron chi connectivity index (χ4n) is 4.17. The Morgan fingerprint density at radius 3 is 2.69 bits per heavy atom. The van der Waals surface area contributed by atoms with Gasteiger partial charge in [-0.3, -0.25) is 14.5 Å². The number of hydrogen-bond acceptors (Lipinski definition) is 4. The molecule has 1 fully saturated rings. The number of halogens is 2. The first-order valence-electron chi connectivity index (χ1n) is 10.1. The van der Waals surface area contributed by atoms with E-state index in [1.165, 1.54) is 0 Å². The number of benzene rings is 1. The van der Waals surface area contributed by atoms with Crippen LogP contribution in [0.25, 0.3) is 0 Å². The molecule has 0 radical (unpaired) electrons. The van der Waals surface area contributed by atoms with E-state index in [1.807, 2.05) is 16.8 Å². The van der Waals surface area contributed by atoms with E-state index in [0.717, 1.165) is 75.6 Å². The van der Waals surface area contributed by atoms with Crippen molar-refractivity contribution >= 4 is 40.6 Å². The van der Waals surface area contributed by atoms with Crippen LogP contribution in [0.2, 0.25) is 10.0 Å². The molecule has 7 nitrogen and oxygen atoms in total. The molecule has 2 amide bonds. The van der Waals surface area contributed by atoms with Crippen molar-refractivity contribution in [3.63, 3.8) is 0 Å². The summed E-state index contributed by atoms with van der Waals surface area (Å²) < 4.78 is 2.00. The predicted molar refractivity (Wildman–Crippen MR) is 117 cm³/mol. The first-order valence-corrected chi connectivity index (χ1v) is 10.8. The molecule has 1 saturated heterocycles. The lowest BCUT2D eigenvalue weighted by atomic mass is 10.1. The number of piperazine rings is 1. The number of aryl methyl sites for hydroxylation is 1. The molecular weight excluding hydrogens is 411 g/mol. The SMILES string of the molecule is NC(=O)N(CCN1CCN(c2cccc(Cl)c2Cl)CC1)c1cnn2c1CCCC2. The van der Waals surface area contributed by atoms with Gasteiger partial charge in [0, 0.05) is 45.8 Å². The average Bonchev–Trinajstić information content (AvgIpc) is 3.15. The minimum absolute atomic E-state index is 0.421. The van der Waals surface area contributed by atoms with Gasteiger partial charge in [0.15, 0.2) is 0 Å². The van der Waals surface area contributed by atoms with Gasteiger partial charge in [-0.15, -0.1) is 0 Å². The van der Waals surface area contributed by atoms with E-state index < -0.39 is 6.03 Å². The predicted octanol–water partition coefficient (Wildman–Crippen LogP) is 3.23. The number of urea groups is 1. The van der Waals surface area contributed by atoms with Gasteiger partial charge < -0.3 is 10.6 Å². The molecular formula is C20H26Cl2N6O. The minimum Gasteiger partial charge on any atom is -0.368 e. The van der Waals surface area contributed by atoms with Crippen molar-refractivity contribution < 1.29 is 4.79 Å². The minimum atomic E-state index is -0.421. The van der Waals surface area contributed by atoms with Gasteiger partial charge in [0.2, 0.25) is 0 Å². The van der Waals surface area contributed by atoms with E-state index in [4.69, 9.17) is 28.9 Å². The van der Waals surface area contributed by atoms with E-state index >= 15 is 0 Å². The number of nitrogens with two attached hydrogens (primary N) is 1. The molecule has 0 spiro atoms. The third-order valence-corrected chi connectivity index (χ3v) is 6.61. The number of amides is 2. The van der Waals surface area contributed by atoms with Crippen LogP contribution in [0, 0.1) is 0 Å². The zero-order valence-electron chi connectivity index (χ0n) is 16.4. The Bertz CT molecular complexity index is 878. The molecule has 1 aromatic heterocycles. The summed E-state index contributed by atoms with van der Waals surface area (Å²) in [5.41, 5.74) is 8.66. The Morgan fingerprint density at radius 1 is 1.14 bits per heavy atom. The summed E-state index contributed by atoms with van der Waals surface area (Å²) in [4.78, 5) is 18.4. The lowest BCUT2D eigenvalue weighted by Crippen LogP contribution is -2.49. The van der Waals surface area contributed by atoms with Gasteiger partial charge in [0.25, 0.3) is 0 Å². The smallest absolute Gasteiger partial charge is 0.319 e. The topological polar surface area (TPSA) is 70.6 Å². The second kappa shape index (κ2) is 8.81. The molecule has 29 heavy (non-hydrogen) atoms. The van der Waals surface area contributed by atoms with Crippen LogP contribution in [0.1, 0.15) is 18.5 Å². The number of rotatable bonds is 5. The van der Waals surface area contributed by atoms with Gasteiger partial charge in [0.05, 0.1) is 33.3 Å². The van der Waals surface area contributed by atoms with E-state index in [0.29, 0.717) is 16.6 Å². The summed E-state index contributed by atoms with van der Waals surface area (Å²) in [6, 6.07) is 5.31. The van der Waals surface area contributed by atoms with Crippen LogP contribution in [0.3, 0.4) is 0 Å². The molecule has 0 bridgehead atoms. The van der Waals surface area contributed by atoms with E-state index in [-0.39, 0.29) is 0 Å². The van der Waals surface area contributed by atoms with Gasteiger partial charge in [-0.25, -0.2) is 4.79 Å². The molecule has 156 valence electrons. The zero-order valence-corrected chi connectivity index (χ0v) is 17.9. The van der Waals surface area contributed by atoms with Crippen molar-refractivity contribution in [2.75, 3.05) is 49.1 Å². The first kappa shape index (κ1) is 20.3. The molecule has 3 heterocycles. The highest BCUT2D eigenvalue weighted by molar-refractivity contribution is 6.43. The number of fused-ring (bicyclic) bond motifs is 1. The van der Waals surface area contributed by atoms with Crippen LogP contribution >= 0.6 is 23.2 Å². The summed E-state index contributed by atoms with van der Waals surface area (Å²) >= 11 is 12.5. The Labute approximate surface area is 180 Å². The molecule has 2 aromatic rings. The molecule has 0 saturated carbocycles. The molecule has 2 N–H and O–H groups in total. The molecule has 0 atom stereocenters. The third-order valence-electron chi connectivity index (χ3n) is 5.80. The zero-order chi connectivity index (χ0) is 20.4. The maximum absolute atomic E-state index is 12.1. The molecule has 9 heteroatoms. The molecule has 0 unspecified atom stereocenters. The van der Waals surface area contributed by atoms with Crippen LogP contribution in [-0.2, 0) is 13.0 Å². The molecule has 4 rings (SSSR count). The summed E-state index contributed by atoms with van der Waals surface area (Å²) in [7, 11) is 0. The van der Waals surface area contributed by atoms with Gasteiger partial charge in [-0.2, -0.15) is 5.10 Å². The van der Waals surface area contributed by atoms with Crippen LogP contribution in [0.15, 0.2) is 24.4 Å². The number of primary amides is 1. The summed E-state index contributed by atoms with van der Waals surface area (Å²) in [6.45, 7) is 5.75. The van der Waals surface area contributed by atoms with Crippen molar-refractivity contribution in [2.45, 2.75) is 25.8 Å². The number of carbonyl (C=O) groups excluding carboxylic acids is 1. The molecule has 1 aromatic carbocycles. The fourth-order valence-corrected chi connectivity index (χ4v) is 4.58. The largest absolute Gasteiger partial charge is 0.368 e. The molecule has 2 aliphatic rings. The first-order chi connectivity index (χ1) is 14.0. The maximum atomic E-state index is 12.1. The average molecular weight is 437 g/mol. The third kappa shape index (κ3) is 4.32. The van der Waals surface area contributed by atoms with Gasteiger partial charge in [-0.05, 0) is 31.4 Å². The van der Waals surface area contributed by atoms with Gasteiger partial charge in [-0.1, -0.05) is 29.3 Å². The molecule has 0 aliphatic carbocycles. The van der Waals surface area contributed by atoms with Crippen molar-refractivity contribution in [1.82, 2.24) is 14.7 Å². The number of aromatic nitrogens is 2. The van der Waals surface area contributed by atoms with Gasteiger partial charge in [0.1, 0.15) is 0 Å². The van der Waals surface area contributed by atoms with Crippen molar-refractivity contribution in [2.24, 2.45) is 5.73 Å². The van der Waals surface area contributed by atoms with Crippen LogP contribution in [-0.4, -0.2) is 60.0 Å². The van der Waals surface area contributed by atoms with Crippen molar-refractivity contribution in [1.29, 1.82) is 0 Å². The number of carbonyl (C=O) groups is 1. The van der Waals surface area contributed by atoms with Crippen molar-refractivity contribution in [3.05, 3.63) is 40.1 Å². The summed E-state index contributed by atoms with van der Waals surface area (Å²) in [5.74, 6) is 0. The number of anilines is 2. The second-order valence-electron chi connectivity index (χ2n) is 7.55. The normalized spacial score (nSPS) is 17.2. The highest BCUT2D eigenvalue weighted by Crippen LogP contribution is 2.33. The monoisotopic (exact) mass is 436 g/mol. The summed E-state index contributed by atoms with van der Waals surface area (Å²) in [6.07, 6.45) is 4.98.